The lowest BCUT2D eigenvalue weighted by molar-refractivity contribution is -0.385. The molecular formula is C22H24FN3O7. The van der Waals surface area contributed by atoms with Crippen LogP contribution < -0.4 is 15.4 Å². The van der Waals surface area contributed by atoms with Gasteiger partial charge in [0.2, 0.25) is 11.8 Å². The van der Waals surface area contributed by atoms with Crippen molar-refractivity contribution in [2.75, 3.05) is 14.2 Å². The number of carbonyl (C=O) groups excluding carboxylic acids is 3. The number of carbonyl (C=O) groups is 3. The molecule has 0 aliphatic heterocycles. The topological polar surface area (TPSA) is 137 Å². The number of amides is 2. The van der Waals surface area contributed by atoms with E-state index in [0.717, 1.165) is 7.11 Å². The third kappa shape index (κ3) is 7.27. The number of hydrogen-bond donors (Lipinski definition) is 2. The van der Waals surface area contributed by atoms with Crippen molar-refractivity contribution in [3.05, 3.63) is 69.5 Å². The lowest BCUT2D eigenvalue weighted by Crippen LogP contribution is -2.53. The minimum atomic E-state index is -1.18. The van der Waals surface area contributed by atoms with Gasteiger partial charge in [0.25, 0.3) is 0 Å². The van der Waals surface area contributed by atoms with Gasteiger partial charge in [-0.2, -0.15) is 0 Å². The number of methoxy groups -OCH3 is 2. The Morgan fingerprint density at radius 3 is 2.15 bits per heavy atom. The molecule has 33 heavy (non-hydrogen) atoms. The highest BCUT2D eigenvalue weighted by Crippen LogP contribution is 2.28. The fourth-order valence-corrected chi connectivity index (χ4v) is 3.16. The fraction of sp³-hybridized carbons (Fsp3) is 0.318. The number of esters is 1. The van der Waals surface area contributed by atoms with E-state index in [0.29, 0.717) is 11.1 Å². The number of nitro groups is 1. The van der Waals surface area contributed by atoms with Gasteiger partial charge >= 0.3 is 11.7 Å². The van der Waals surface area contributed by atoms with Gasteiger partial charge in [-0.25, -0.2) is 9.18 Å². The van der Waals surface area contributed by atoms with Crippen molar-refractivity contribution >= 4 is 23.5 Å². The molecular weight excluding hydrogens is 437 g/mol. The number of nitrogens with one attached hydrogen (secondary N) is 2. The van der Waals surface area contributed by atoms with Crippen molar-refractivity contribution in [3.8, 4) is 5.75 Å². The molecule has 0 fully saturated rings. The minimum Gasteiger partial charge on any atom is -0.490 e. The zero-order valence-corrected chi connectivity index (χ0v) is 18.3. The Morgan fingerprint density at radius 2 is 1.61 bits per heavy atom. The number of rotatable bonds is 10. The summed E-state index contributed by atoms with van der Waals surface area (Å²) in [4.78, 5) is 47.5. The molecule has 0 bridgehead atoms. The summed E-state index contributed by atoms with van der Waals surface area (Å²) < 4.78 is 22.9. The quantitative estimate of drug-likeness (QED) is 0.312. The lowest BCUT2D eigenvalue weighted by atomic mass is 10.0. The van der Waals surface area contributed by atoms with Crippen molar-refractivity contribution in [2.24, 2.45) is 0 Å². The molecule has 0 heterocycles. The molecule has 2 rings (SSSR count). The van der Waals surface area contributed by atoms with E-state index in [4.69, 9.17) is 9.47 Å². The molecule has 0 spiro atoms. The molecule has 0 aromatic heterocycles. The summed E-state index contributed by atoms with van der Waals surface area (Å²) in [6, 6.07) is 7.33. The van der Waals surface area contributed by atoms with E-state index in [9.17, 15) is 28.9 Å². The predicted molar refractivity (Wildman–Crippen MR) is 115 cm³/mol. The second-order valence-corrected chi connectivity index (χ2v) is 7.14. The standard InChI is InChI=1S/C22H24FN3O7/c1-13(27)24-17(10-14-4-7-16(23)8-5-14)21(28)25-18(22(29)33-3)11-15-6-9-20(32-2)19(12-15)26(30)31/h4-9,12,17-18H,10-11H2,1-3H3,(H,24,27)(H,25,28)/t17-,18+/m1/s1. The van der Waals surface area contributed by atoms with Gasteiger partial charge in [0.15, 0.2) is 5.75 Å². The third-order valence-corrected chi connectivity index (χ3v) is 4.73. The summed E-state index contributed by atoms with van der Waals surface area (Å²) in [5.41, 5.74) is 0.677. The molecule has 2 amide bonds. The van der Waals surface area contributed by atoms with E-state index < -0.39 is 40.6 Å². The summed E-state index contributed by atoms with van der Waals surface area (Å²) in [5, 5.41) is 16.3. The molecule has 0 saturated heterocycles. The van der Waals surface area contributed by atoms with Gasteiger partial charge < -0.3 is 20.1 Å². The maximum atomic E-state index is 13.2. The molecule has 0 radical (unpaired) electrons. The van der Waals surface area contributed by atoms with E-state index in [1.807, 2.05) is 0 Å². The third-order valence-electron chi connectivity index (χ3n) is 4.73. The summed E-state index contributed by atoms with van der Waals surface area (Å²) in [7, 11) is 2.44. The van der Waals surface area contributed by atoms with Crippen LogP contribution in [0.3, 0.4) is 0 Å². The number of benzene rings is 2. The lowest BCUT2D eigenvalue weighted by Gasteiger charge is -2.22. The van der Waals surface area contributed by atoms with Gasteiger partial charge in [-0.1, -0.05) is 18.2 Å². The smallest absolute Gasteiger partial charge is 0.328 e. The highest BCUT2D eigenvalue weighted by Gasteiger charge is 2.28. The van der Waals surface area contributed by atoms with Crippen LogP contribution in [0, 0.1) is 15.9 Å². The molecule has 2 aromatic carbocycles. The molecule has 176 valence electrons. The largest absolute Gasteiger partial charge is 0.490 e. The van der Waals surface area contributed by atoms with Crippen molar-refractivity contribution in [2.45, 2.75) is 31.8 Å². The van der Waals surface area contributed by atoms with Crippen LogP contribution in [-0.2, 0) is 32.0 Å². The highest BCUT2D eigenvalue weighted by molar-refractivity contribution is 5.90. The maximum absolute atomic E-state index is 13.2. The number of ether oxygens (including phenoxy) is 2. The summed E-state index contributed by atoms with van der Waals surface area (Å²) >= 11 is 0. The Hall–Kier alpha value is -4.02. The van der Waals surface area contributed by atoms with Crippen molar-refractivity contribution in [1.82, 2.24) is 10.6 Å². The molecule has 2 N–H and O–H groups in total. The normalized spacial score (nSPS) is 12.2. The van der Waals surface area contributed by atoms with Crippen LogP contribution in [0.25, 0.3) is 0 Å². The molecule has 0 unspecified atom stereocenters. The fourth-order valence-electron chi connectivity index (χ4n) is 3.16. The van der Waals surface area contributed by atoms with E-state index in [1.165, 1.54) is 56.5 Å². The Balaban J connectivity index is 2.24. The minimum absolute atomic E-state index is 0.0485. The number of hydrogen-bond acceptors (Lipinski definition) is 7. The van der Waals surface area contributed by atoms with Crippen LogP contribution in [0.15, 0.2) is 42.5 Å². The molecule has 2 atom stereocenters. The zero-order chi connectivity index (χ0) is 24.5. The van der Waals surface area contributed by atoms with Crippen molar-refractivity contribution in [1.29, 1.82) is 0 Å². The number of nitrogens with zero attached hydrogens (tertiary/aromatic N) is 1. The molecule has 10 nitrogen and oxygen atoms in total. The second-order valence-electron chi connectivity index (χ2n) is 7.14. The Labute approximate surface area is 189 Å². The van der Waals surface area contributed by atoms with Crippen LogP contribution in [0.1, 0.15) is 18.1 Å². The molecule has 0 saturated carbocycles. The summed E-state index contributed by atoms with van der Waals surface area (Å²) in [5.74, 6) is -2.32. The monoisotopic (exact) mass is 461 g/mol. The first kappa shape index (κ1) is 25.2. The molecule has 0 aliphatic carbocycles. The first-order chi connectivity index (χ1) is 15.6. The van der Waals surface area contributed by atoms with Gasteiger partial charge in [-0.05, 0) is 29.3 Å². The van der Waals surface area contributed by atoms with Gasteiger partial charge in [-0.3, -0.25) is 19.7 Å². The van der Waals surface area contributed by atoms with Crippen LogP contribution in [0.2, 0.25) is 0 Å². The number of halogens is 1. The Morgan fingerprint density at radius 1 is 1.00 bits per heavy atom. The highest BCUT2D eigenvalue weighted by atomic mass is 19.1. The van der Waals surface area contributed by atoms with E-state index in [1.54, 1.807) is 0 Å². The van der Waals surface area contributed by atoms with E-state index >= 15 is 0 Å². The maximum Gasteiger partial charge on any atom is 0.328 e. The van der Waals surface area contributed by atoms with Crippen LogP contribution in [-0.4, -0.2) is 49.0 Å². The number of nitro benzene ring substituents is 1. The van der Waals surface area contributed by atoms with Crippen molar-refractivity contribution in [3.63, 3.8) is 0 Å². The van der Waals surface area contributed by atoms with Gasteiger partial charge in [0.05, 0.1) is 19.1 Å². The average molecular weight is 461 g/mol. The van der Waals surface area contributed by atoms with Gasteiger partial charge in [0, 0.05) is 25.8 Å². The average Bonchev–Trinajstić information content (AvgIpc) is 2.78. The van der Waals surface area contributed by atoms with Crippen LogP contribution >= 0.6 is 0 Å². The summed E-state index contributed by atoms with van der Waals surface area (Å²) in [6.07, 6.45) is -0.0554. The van der Waals surface area contributed by atoms with Crippen molar-refractivity contribution < 1.29 is 33.2 Å². The van der Waals surface area contributed by atoms with Crippen LogP contribution in [0.4, 0.5) is 10.1 Å². The van der Waals surface area contributed by atoms with Gasteiger partial charge in [0.1, 0.15) is 17.9 Å². The zero-order valence-electron chi connectivity index (χ0n) is 18.3. The van der Waals surface area contributed by atoms with Gasteiger partial charge in [-0.15, -0.1) is 0 Å². The van der Waals surface area contributed by atoms with E-state index in [2.05, 4.69) is 10.6 Å². The predicted octanol–water partition coefficient (Wildman–Crippen LogP) is 1.69. The molecule has 11 heteroatoms. The Bertz CT molecular complexity index is 1030. The Kier molecular flexibility index (Phi) is 8.84. The first-order valence-corrected chi connectivity index (χ1v) is 9.85. The molecule has 2 aromatic rings. The second kappa shape index (κ2) is 11.6. The van der Waals surface area contributed by atoms with E-state index in [-0.39, 0.29) is 24.3 Å². The first-order valence-electron chi connectivity index (χ1n) is 9.85. The van der Waals surface area contributed by atoms with Crippen LogP contribution in [0.5, 0.6) is 5.75 Å². The molecule has 0 aliphatic rings. The summed E-state index contributed by atoms with van der Waals surface area (Å²) in [6.45, 7) is 1.24. The SMILES string of the molecule is COC(=O)[C@H](Cc1ccc(OC)c([N+](=O)[O-])c1)NC(=O)[C@@H](Cc1ccc(F)cc1)NC(C)=O.